The number of carbonyl (C=O) groups is 1. The lowest BCUT2D eigenvalue weighted by atomic mass is 10.0. The maximum Gasteiger partial charge on any atom is 0.185 e. The van der Waals surface area contributed by atoms with Crippen LogP contribution in [0.1, 0.15) is 10.6 Å². The molecule has 0 aliphatic heterocycles. The van der Waals surface area contributed by atoms with Crippen LogP contribution >= 0.6 is 0 Å². The number of pyridine rings is 1. The number of rotatable bonds is 3. The van der Waals surface area contributed by atoms with Crippen LogP contribution in [-0.2, 0) is 0 Å². The highest BCUT2D eigenvalue weighted by molar-refractivity contribution is 5.76. The SMILES string of the molecule is O=Cc1ccc(-c2cccc(-c3cc4ccccn4c3)c2)o1. The maximum atomic E-state index is 10.7. The quantitative estimate of drug-likeness (QED) is 0.513. The van der Waals surface area contributed by atoms with Crippen LogP contribution in [0, 0.1) is 0 Å². The Hall–Kier alpha value is -3.07. The third kappa shape index (κ3) is 2.13. The zero-order valence-electron chi connectivity index (χ0n) is 11.8. The Bertz CT molecular complexity index is 929. The van der Waals surface area contributed by atoms with Gasteiger partial charge in [-0.05, 0) is 42.0 Å². The lowest BCUT2D eigenvalue weighted by Gasteiger charge is -2.01. The van der Waals surface area contributed by atoms with Gasteiger partial charge < -0.3 is 8.82 Å². The van der Waals surface area contributed by atoms with Crippen molar-refractivity contribution in [1.29, 1.82) is 0 Å². The van der Waals surface area contributed by atoms with Crippen molar-refractivity contribution in [3.63, 3.8) is 0 Å². The number of fused-ring (bicyclic) bond motifs is 1. The molecule has 3 heterocycles. The Labute approximate surface area is 127 Å². The van der Waals surface area contributed by atoms with Crippen LogP contribution in [0.4, 0.5) is 0 Å². The first kappa shape index (κ1) is 12.7. The van der Waals surface area contributed by atoms with Crippen LogP contribution in [0.5, 0.6) is 0 Å². The van der Waals surface area contributed by atoms with Crippen LogP contribution in [-0.4, -0.2) is 10.7 Å². The Morgan fingerprint density at radius 2 is 1.77 bits per heavy atom. The number of benzene rings is 1. The van der Waals surface area contributed by atoms with E-state index in [4.69, 9.17) is 4.42 Å². The monoisotopic (exact) mass is 287 g/mol. The normalized spacial score (nSPS) is 10.9. The molecule has 0 saturated heterocycles. The summed E-state index contributed by atoms with van der Waals surface area (Å²) in [5.41, 5.74) is 4.38. The Morgan fingerprint density at radius 3 is 2.59 bits per heavy atom. The van der Waals surface area contributed by atoms with Crippen molar-refractivity contribution in [1.82, 2.24) is 4.40 Å². The molecular weight excluding hydrogens is 274 g/mol. The Balaban J connectivity index is 1.79. The van der Waals surface area contributed by atoms with Crippen LogP contribution < -0.4 is 0 Å². The van der Waals surface area contributed by atoms with Crippen LogP contribution in [0.2, 0.25) is 0 Å². The van der Waals surface area contributed by atoms with Gasteiger partial charge in [0.1, 0.15) is 5.76 Å². The molecule has 0 fully saturated rings. The van der Waals surface area contributed by atoms with Crippen molar-refractivity contribution in [3.05, 3.63) is 78.8 Å². The van der Waals surface area contributed by atoms with Gasteiger partial charge in [-0.3, -0.25) is 4.79 Å². The molecular formula is C19H13NO2. The largest absolute Gasteiger partial charge is 0.453 e. The van der Waals surface area contributed by atoms with Crippen LogP contribution in [0.3, 0.4) is 0 Å². The van der Waals surface area contributed by atoms with Gasteiger partial charge in [0, 0.05) is 29.0 Å². The summed E-state index contributed by atoms with van der Waals surface area (Å²) < 4.78 is 7.59. The predicted molar refractivity (Wildman–Crippen MR) is 85.9 cm³/mol. The first-order chi connectivity index (χ1) is 10.8. The summed E-state index contributed by atoms with van der Waals surface area (Å²) in [5.74, 6) is 1.04. The van der Waals surface area contributed by atoms with Crippen molar-refractivity contribution in [2.24, 2.45) is 0 Å². The fourth-order valence-corrected chi connectivity index (χ4v) is 2.64. The summed E-state index contributed by atoms with van der Waals surface area (Å²) >= 11 is 0. The van der Waals surface area contributed by atoms with E-state index < -0.39 is 0 Å². The number of hydrogen-bond acceptors (Lipinski definition) is 2. The van der Waals surface area contributed by atoms with E-state index in [0.29, 0.717) is 17.8 Å². The molecule has 22 heavy (non-hydrogen) atoms. The van der Waals surface area contributed by atoms with E-state index in [2.05, 4.69) is 34.9 Å². The molecule has 106 valence electrons. The predicted octanol–water partition coefficient (Wildman–Crippen LogP) is 4.68. The second-order valence-corrected chi connectivity index (χ2v) is 5.16. The maximum absolute atomic E-state index is 10.7. The Kier molecular flexibility index (Phi) is 2.90. The number of carbonyl (C=O) groups excluding carboxylic acids is 1. The van der Waals surface area contributed by atoms with Gasteiger partial charge in [-0.15, -0.1) is 0 Å². The molecule has 0 spiro atoms. The summed E-state index contributed by atoms with van der Waals surface area (Å²) in [6.45, 7) is 0. The summed E-state index contributed by atoms with van der Waals surface area (Å²) in [5, 5.41) is 0. The minimum Gasteiger partial charge on any atom is -0.453 e. The van der Waals surface area contributed by atoms with Gasteiger partial charge >= 0.3 is 0 Å². The number of aldehydes is 1. The topological polar surface area (TPSA) is 34.6 Å². The molecule has 3 aromatic heterocycles. The second kappa shape index (κ2) is 5.04. The third-order valence-electron chi connectivity index (χ3n) is 3.73. The van der Waals surface area contributed by atoms with Crippen LogP contribution in [0.15, 0.2) is 77.5 Å². The molecule has 3 heteroatoms. The van der Waals surface area contributed by atoms with Crippen molar-refractivity contribution in [2.75, 3.05) is 0 Å². The van der Waals surface area contributed by atoms with Gasteiger partial charge in [0.05, 0.1) is 0 Å². The molecule has 0 bridgehead atoms. The van der Waals surface area contributed by atoms with E-state index >= 15 is 0 Å². The Morgan fingerprint density at radius 1 is 0.864 bits per heavy atom. The molecule has 1 aromatic carbocycles. The standard InChI is InChI=1S/C19H13NO2/c21-13-18-7-8-19(22-18)15-5-3-4-14(10-15)16-11-17-6-1-2-9-20(17)12-16/h1-13H. The van der Waals surface area contributed by atoms with Gasteiger partial charge in [0.15, 0.2) is 12.0 Å². The molecule has 0 aliphatic carbocycles. The summed E-state index contributed by atoms with van der Waals surface area (Å²) in [7, 11) is 0. The minimum absolute atomic E-state index is 0.343. The molecule has 3 nitrogen and oxygen atoms in total. The van der Waals surface area contributed by atoms with Crippen molar-refractivity contribution >= 4 is 11.8 Å². The van der Waals surface area contributed by atoms with Gasteiger partial charge in [0.25, 0.3) is 0 Å². The van der Waals surface area contributed by atoms with E-state index in [9.17, 15) is 4.79 Å². The number of nitrogens with zero attached hydrogens (tertiary/aromatic N) is 1. The van der Waals surface area contributed by atoms with Crippen LogP contribution in [0.25, 0.3) is 28.0 Å². The first-order valence-corrected chi connectivity index (χ1v) is 7.06. The van der Waals surface area contributed by atoms with Crippen molar-refractivity contribution < 1.29 is 9.21 Å². The van der Waals surface area contributed by atoms with E-state index in [1.54, 1.807) is 6.07 Å². The number of aromatic nitrogens is 1. The molecule has 0 aliphatic rings. The van der Waals surface area contributed by atoms with E-state index in [-0.39, 0.29) is 0 Å². The van der Waals surface area contributed by atoms with Gasteiger partial charge in [-0.25, -0.2) is 0 Å². The fourth-order valence-electron chi connectivity index (χ4n) is 2.64. The molecule has 4 rings (SSSR count). The molecule has 0 atom stereocenters. The lowest BCUT2D eigenvalue weighted by molar-refractivity contribution is 0.110. The second-order valence-electron chi connectivity index (χ2n) is 5.16. The molecule has 4 aromatic rings. The highest BCUT2D eigenvalue weighted by atomic mass is 16.3. The van der Waals surface area contributed by atoms with Crippen molar-refractivity contribution in [2.45, 2.75) is 0 Å². The average Bonchev–Trinajstić information content (AvgIpc) is 3.21. The first-order valence-electron chi connectivity index (χ1n) is 7.06. The smallest absolute Gasteiger partial charge is 0.185 e. The highest BCUT2D eigenvalue weighted by Crippen LogP contribution is 2.28. The molecule has 0 saturated carbocycles. The summed E-state index contributed by atoms with van der Waals surface area (Å²) in [6.07, 6.45) is 4.85. The van der Waals surface area contributed by atoms with Gasteiger partial charge in [-0.1, -0.05) is 24.3 Å². The summed E-state index contributed by atoms with van der Waals surface area (Å²) in [6, 6.07) is 19.9. The van der Waals surface area contributed by atoms with E-state index in [0.717, 1.165) is 22.2 Å². The third-order valence-corrected chi connectivity index (χ3v) is 3.73. The molecule has 0 unspecified atom stereocenters. The molecule has 0 N–H and O–H groups in total. The highest BCUT2D eigenvalue weighted by Gasteiger charge is 2.07. The number of hydrogen-bond donors (Lipinski definition) is 0. The molecule has 0 radical (unpaired) electrons. The van der Waals surface area contributed by atoms with E-state index in [1.807, 2.05) is 36.5 Å². The van der Waals surface area contributed by atoms with Crippen molar-refractivity contribution in [3.8, 4) is 22.5 Å². The zero-order valence-corrected chi connectivity index (χ0v) is 11.8. The molecule has 0 amide bonds. The van der Waals surface area contributed by atoms with Gasteiger partial charge in [-0.2, -0.15) is 0 Å². The minimum atomic E-state index is 0.343. The van der Waals surface area contributed by atoms with Gasteiger partial charge in [0.2, 0.25) is 0 Å². The summed E-state index contributed by atoms with van der Waals surface area (Å²) in [4.78, 5) is 10.7. The number of furan rings is 1. The average molecular weight is 287 g/mol. The fraction of sp³-hybridized carbons (Fsp3) is 0. The lowest BCUT2D eigenvalue weighted by Crippen LogP contribution is -1.79. The zero-order chi connectivity index (χ0) is 14.9. The van der Waals surface area contributed by atoms with E-state index in [1.165, 1.54) is 0 Å².